The normalized spacial score (nSPS) is 9.73. The van der Waals surface area contributed by atoms with E-state index in [1.807, 2.05) is 0 Å². The van der Waals surface area contributed by atoms with Gasteiger partial charge in [-0.25, -0.2) is 4.79 Å². The van der Waals surface area contributed by atoms with Gasteiger partial charge in [0.25, 0.3) is 0 Å². The summed E-state index contributed by atoms with van der Waals surface area (Å²) in [6, 6.07) is 0. The van der Waals surface area contributed by atoms with Gasteiger partial charge in [-0.1, -0.05) is 0 Å². The number of esters is 2. The summed E-state index contributed by atoms with van der Waals surface area (Å²) < 4.78 is 4.21. The molecular weight excluding hydrogens is 146 g/mol. The largest absolute Gasteiger partial charge is 0.390 e. The Hall–Kier alpha value is -1.32. The number of ether oxygens (including phenoxy) is 1. The third kappa shape index (κ3) is 6.57. The quantitative estimate of drug-likeness (QED) is 0.325. The van der Waals surface area contributed by atoms with E-state index in [9.17, 15) is 9.59 Å². The summed E-state index contributed by atoms with van der Waals surface area (Å²) in [5.41, 5.74) is 0. The van der Waals surface area contributed by atoms with Crippen LogP contribution in [0, 0.1) is 0 Å². The minimum Gasteiger partial charge on any atom is -0.390 e. The molecule has 0 heterocycles. The molecule has 0 aromatic heterocycles. The molecule has 0 unspecified atom stereocenters. The molecule has 0 atom stereocenters. The second-order valence-electron chi connectivity index (χ2n) is 2.19. The standard InChI is InChI=1S/C7H11NO3/c1-6(9)11-7(10)4-5-8(2)3/h4-5H,1-3H3. The monoisotopic (exact) mass is 157 g/mol. The topological polar surface area (TPSA) is 46.6 Å². The lowest BCUT2D eigenvalue weighted by Crippen LogP contribution is -2.08. The Bertz CT molecular complexity index is 184. The van der Waals surface area contributed by atoms with Crippen LogP contribution >= 0.6 is 0 Å². The van der Waals surface area contributed by atoms with Crippen molar-refractivity contribution in [2.24, 2.45) is 0 Å². The van der Waals surface area contributed by atoms with Gasteiger partial charge < -0.3 is 9.64 Å². The molecule has 0 saturated heterocycles. The zero-order chi connectivity index (χ0) is 8.85. The van der Waals surface area contributed by atoms with Crippen molar-refractivity contribution in [2.75, 3.05) is 14.1 Å². The van der Waals surface area contributed by atoms with Crippen molar-refractivity contribution in [3.8, 4) is 0 Å². The summed E-state index contributed by atoms with van der Waals surface area (Å²) in [6.45, 7) is 1.18. The molecule has 4 nitrogen and oxygen atoms in total. The molecule has 0 aromatic carbocycles. The van der Waals surface area contributed by atoms with E-state index in [-0.39, 0.29) is 0 Å². The fourth-order valence-electron chi connectivity index (χ4n) is 0.386. The summed E-state index contributed by atoms with van der Waals surface area (Å²) in [5.74, 6) is -1.25. The Morgan fingerprint density at radius 2 is 1.91 bits per heavy atom. The van der Waals surface area contributed by atoms with Gasteiger partial charge in [0.15, 0.2) is 0 Å². The van der Waals surface area contributed by atoms with Gasteiger partial charge in [0.05, 0.1) is 0 Å². The molecule has 0 N–H and O–H groups in total. The summed E-state index contributed by atoms with van der Waals surface area (Å²) >= 11 is 0. The fourth-order valence-corrected chi connectivity index (χ4v) is 0.386. The first kappa shape index (κ1) is 9.68. The van der Waals surface area contributed by atoms with Crippen LogP contribution < -0.4 is 0 Å². The van der Waals surface area contributed by atoms with Gasteiger partial charge in [-0.2, -0.15) is 0 Å². The number of nitrogens with zero attached hydrogens (tertiary/aromatic N) is 1. The molecule has 0 fully saturated rings. The van der Waals surface area contributed by atoms with Gasteiger partial charge in [-0.15, -0.1) is 0 Å². The van der Waals surface area contributed by atoms with Gasteiger partial charge in [0.2, 0.25) is 0 Å². The van der Waals surface area contributed by atoms with E-state index >= 15 is 0 Å². The lowest BCUT2D eigenvalue weighted by molar-refractivity contribution is -0.154. The van der Waals surface area contributed by atoms with Crippen LogP contribution in [0.25, 0.3) is 0 Å². The van der Waals surface area contributed by atoms with Gasteiger partial charge in [0.1, 0.15) is 0 Å². The summed E-state index contributed by atoms with van der Waals surface area (Å²) in [4.78, 5) is 22.5. The molecule has 0 saturated carbocycles. The maximum atomic E-state index is 10.6. The maximum Gasteiger partial charge on any atom is 0.339 e. The van der Waals surface area contributed by atoms with Crippen molar-refractivity contribution in [1.29, 1.82) is 0 Å². The zero-order valence-corrected chi connectivity index (χ0v) is 6.83. The van der Waals surface area contributed by atoms with E-state index in [0.717, 1.165) is 0 Å². The highest BCUT2D eigenvalue weighted by Gasteiger charge is 1.99. The van der Waals surface area contributed by atoms with Crippen LogP contribution in [0.5, 0.6) is 0 Å². The summed E-state index contributed by atoms with van der Waals surface area (Å²) in [6.07, 6.45) is 2.69. The van der Waals surface area contributed by atoms with E-state index in [0.29, 0.717) is 0 Å². The Morgan fingerprint density at radius 1 is 1.36 bits per heavy atom. The highest BCUT2D eigenvalue weighted by molar-refractivity contribution is 5.91. The fraction of sp³-hybridized carbons (Fsp3) is 0.429. The molecule has 4 heteroatoms. The molecular formula is C7H11NO3. The van der Waals surface area contributed by atoms with Crippen LogP contribution in [-0.4, -0.2) is 30.9 Å². The Labute approximate surface area is 65.4 Å². The third-order valence-electron chi connectivity index (χ3n) is 0.753. The molecule has 0 rings (SSSR count). The zero-order valence-electron chi connectivity index (χ0n) is 6.83. The number of carbonyl (C=O) groups is 2. The predicted octanol–water partition coefficient (Wildman–Crippen LogP) is 0.151. The van der Waals surface area contributed by atoms with Crippen LogP contribution in [0.3, 0.4) is 0 Å². The Morgan fingerprint density at radius 3 is 2.27 bits per heavy atom. The third-order valence-corrected chi connectivity index (χ3v) is 0.753. The van der Waals surface area contributed by atoms with E-state index < -0.39 is 11.9 Å². The maximum absolute atomic E-state index is 10.6. The van der Waals surface area contributed by atoms with Crippen molar-refractivity contribution in [2.45, 2.75) is 6.92 Å². The van der Waals surface area contributed by atoms with Gasteiger partial charge in [-0.05, 0) is 0 Å². The molecule has 0 bridgehead atoms. The van der Waals surface area contributed by atoms with Crippen molar-refractivity contribution < 1.29 is 14.3 Å². The second-order valence-corrected chi connectivity index (χ2v) is 2.19. The first-order valence-corrected chi connectivity index (χ1v) is 3.09. The predicted molar refractivity (Wildman–Crippen MR) is 39.6 cm³/mol. The molecule has 0 aliphatic rings. The van der Waals surface area contributed by atoms with Crippen molar-refractivity contribution >= 4 is 11.9 Å². The molecule has 0 amide bonds. The van der Waals surface area contributed by atoms with E-state index in [2.05, 4.69) is 4.74 Å². The van der Waals surface area contributed by atoms with Crippen molar-refractivity contribution in [3.05, 3.63) is 12.3 Å². The Kier molecular flexibility index (Phi) is 3.95. The Balaban J connectivity index is 3.78. The van der Waals surface area contributed by atoms with Crippen LogP contribution in [0.2, 0.25) is 0 Å². The van der Waals surface area contributed by atoms with Gasteiger partial charge >= 0.3 is 11.9 Å². The van der Waals surface area contributed by atoms with Crippen LogP contribution in [0.4, 0.5) is 0 Å². The van der Waals surface area contributed by atoms with Gasteiger partial charge in [-0.3, -0.25) is 4.79 Å². The highest BCUT2D eigenvalue weighted by Crippen LogP contribution is 1.83. The SMILES string of the molecule is CC(=O)OC(=O)C=CN(C)C. The summed E-state index contributed by atoms with van der Waals surface area (Å²) in [5, 5.41) is 0. The number of hydrogen-bond acceptors (Lipinski definition) is 4. The smallest absolute Gasteiger partial charge is 0.339 e. The molecule has 62 valence electrons. The average Bonchev–Trinajstić information content (AvgIpc) is 1.82. The molecule has 0 aliphatic heterocycles. The molecule has 11 heavy (non-hydrogen) atoms. The molecule has 0 aromatic rings. The van der Waals surface area contributed by atoms with Gasteiger partial charge in [0, 0.05) is 33.3 Å². The molecule has 0 aliphatic carbocycles. The van der Waals surface area contributed by atoms with E-state index in [1.165, 1.54) is 19.2 Å². The number of rotatable bonds is 2. The van der Waals surface area contributed by atoms with Crippen LogP contribution in [0.15, 0.2) is 12.3 Å². The van der Waals surface area contributed by atoms with E-state index in [1.54, 1.807) is 19.0 Å². The first-order valence-electron chi connectivity index (χ1n) is 3.09. The molecule has 0 spiro atoms. The number of hydrogen-bond donors (Lipinski definition) is 0. The molecule has 0 radical (unpaired) electrons. The lowest BCUT2D eigenvalue weighted by Gasteiger charge is -2.01. The second kappa shape index (κ2) is 4.49. The van der Waals surface area contributed by atoms with Crippen LogP contribution in [0.1, 0.15) is 6.92 Å². The first-order chi connectivity index (χ1) is 5.02. The lowest BCUT2D eigenvalue weighted by atomic mass is 10.6. The average molecular weight is 157 g/mol. The van der Waals surface area contributed by atoms with E-state index in [4.69, 9.17) is 0 Å². The van der Waals surface area contributed by atoms with Crippen molar-refractivity contribution in [1.82, 2.24) is 4.90 Å². The van der Waals surface area contributed by atoms with Crippen LogP contribution in [-0.2, 0) is 14.3 Å². The van der Waals surface area contributed by atoms with Crippen molar-refractivity contribution in [3.63, 3.8) is 0 Å². The minimum atomic E-state index is -0.647. The minimum absolute atomic E-state index is 0.599. The summed E-state index contributed by atoms with van der Waals surface area (Å²) in [7, 11) is 3.52. The highest BCUT2D eigenvalue weighted by atomic mass is 16.6. The number of carbonyl (C=O) groups excluding carboxylic acids is 2.